The zero-order valence-corrected chi connectivity index (χ0v) is 14.3. The summed E-state index contributed by atoms with van der Waals surface area (Å²) in [5.74, 6) is 0.267. The van der Waals surface area contributed by atoms with Crippen molar-refractivity contribution < 1.29 is 13.2 Å². The topological polar surface area (TPSA) is 55.6 Å². The maximum atomic E-state index is 12.9. The molecular weight excluding hydrogens is 327 g/mol. The number of alkyl halides is 3. The van der Waals surface area contributed by atoms with Crippen LogP contribution in [0, 0.1) is 12.8 Å². The van der Waals surface area contributed by atoms with Crippen LogP contribution in [0.4, 0.5) is 18.3 Å². The number of halogens is 3. The van der Waals surface area contributed by atoms with Gasteiger partial charge >= 0.3 is 6.18 Å². The lowest BCUT2D eigenvalue weighted by atomic mass is 10.2. The summed E-state index contributed by atoms with van der Waals surface area (Å²) in [7, 11) is 0. The standard InChI is InChI=1S/C14H20F3N5S/c1-8(2)12-19-20-13(23-12)18-6-9(3)7-22-11(14(15,16)17)5-10(4)21-22/h5,8-9H,6-7H2,1-4H3,(H,18,20). The minimum absolute atomic E-state index is 0.0400. The summed E-state index contributed by atoms with van der Waals surface area (Å²) in [4.78, 5) is 0. The Balaban J connectivity index is 1.96. The molecule has 0 aliphatic heterocycles. The first kappa shape index (κ1) is 17.7. The van der Waals surface area contributed by atoms with Crippen LogP contribution in [0.2, 0.25) is 0 Å². The van der Waals surface area contributed by atoms with Crippen LogP contribution < -0.4 is 5.32 Å². The van der Waals surface area contributed by atoms with E-state index in [1.165, 1.54) is 11.3 Å². The number of anilines is 1. The van der Waals surface area contributed by atoms with Crippen LogP contribution >= 0.6 is 11.3 Å². The van der Waals surface area contributed by atoms with Gasteiger partial charge in [0.15, 0.2) is 0 Å². The average Bonchev–Trinajstić information content (AvgIpc) is 3.02. The second-order valence-electron chi connectivity index (χ2n) is 5.94. The molecule has 9 heteroatoms. The number of nitrogens with zero attached hydrogens (tertiary/aromatic N) is 4. The third-order valence-corrected chi connectivity index (χ3v) is 4.39. The second-order valence-corrected chi connectivity index (χ2v) is 6.95. The molecule has 2 aromatic heterocycles. The van der Waals surface area contributed by atoms with Crippen LogP contribution in [0.15, 0.2) is 6.07 Å². The van der Waals surface area contributed by atoms with Crippen molar-refractivity contribution in [1.29, 1.82) is 0 Å². The second kappa shape index (κ2) is 6.86. The molecule has 2 heterocycles. The van der Waals surface area contributed by atoms with Crippen LogP contribution in [0.5, 0.6) is 0 Å². The Morgan fingerprint density at radius 3 is 2.52 bits per heavy atom. The number of hydrogen-bond acceptors (Lipinski definition) is 5. The fourth-order valence-corrected chi connectivity index (χ4v) is 2.83. The Morgan fingerprint density at radius 1 is 1.26 bits per heavy atom. The van der Waals surface area contributed by atoms with Gasteiger partial charge in [-0.15, -0.1) is 10.2 Å². The van der Waals surface area contributed by atoms with Crippen molar-refractivity contribution in [3.8, 4) is 0 Å². The molecule has 0 bridgehead atoms. The summed E-state index contributed by atoms with van der Waals surface area (Å²) >= 11 is 1.47. The van der Waals surface area contributed by atoms with Gasteiger partial charge in [0, 0.05) is 19.0 Å². The Kier molecular flexibility index (Phi) is 5.28. The fraction of sp³-hybridized carbons (Fsp3) is 0.643. The maximum Gasteiger partial charge on any atom is 0.433 e. The smallest absolute Gasteiger partial charge is 0.360 e. The molecule has 128 valence electrons. The molecule has 0 aliphatic rings. The first-order valence-electron chi connectivity index (χ1n) is 7.35. The van der Waals surface area contributed by atoms with Crippen LogP contribution in [-0.2, 0) is 12.7 Å². The van der Waals surface area contributed by atoms with E-state index >= 15 is 0 Å². The molecule has 0 saturated carbocycles. The maximum absolute atomic E-state index is 12.9. The van der Waals surface area contributed by atoms with E-state index in [-0.39, 0.29) is 12.5 Å². The Labute approximate surface area is 136 Å². The van der Waals surface area contributed by atoms with E-state index < -0.39 is 11.9 Å². The molecule has 2 rings (SSSR count). The first-order chi connectivity index (χ1) is 10.7. The van der Waals surface area contributed by atoms with E-state index in [0.717, 1.165) is 15.8 Å². The summed E-state index contributed by atoms with van der Waals surface area (Å²) in [6.07, 6.45) is -4.39. The lowest BCUT2D eigenvalue weighted by Crippen LogP contribution is -2.22. The van der Waals surface area contributed by atoms with Crippen molar-refractivity contribution in [2.24, 2.45) is 5.92 Å². The van der Waals surface area contributed by atoms with E-state index in [9.17, 15) is 13.2 Å². The van der Waals surface area contributed by atoms with Crippen molar-refractivity contribution in [2.75, 3.05) is 11.9 Å². The van der Waals surface area contributed by atoms with Crippen LogP contribution in [0.1, 0.15) is 43.1 Å². The molecule has 1 N–H and O–H groups in total. The lowest BCUT2D eigenvalue weighted by Gasteiger charge is -2.15. The number of hydrogen-bond donors (Lipinski definition) is 1. The van der Waals surface area contributed by atoms with E-state index in [0.29, 0.717) is 23.3 Å². The summed E-state index contributed by atoms with van der Waals surface area (Å²) in [5.41, 5.74) is -0.344. The third-order valence-electron chi connectivity index (χ3n) is 3.21. The highest BCUT2D eigenvalue weighted by Crippen LogP contribution is 2.30. The van der Waals surface area contributed by atoms with Gasteiger partial charge in [-0.25, -0.2) is 0 Å². The fourth-order valence-electron chi connectivity index (χ4n) is 2.07. The van der Waals surface area contributed by atoms with Gasteiger partial charge in [0.1, 0.15) is 10.7 Å². The summed E-state index contributed by atoms with van der Waals surface area (Å²) < 4.78 is 39.9. The summed E-state index contributed by atoms with van der Waals surface area (Å²) in [5, 5.41) is 16.8. The zero-order valence-electron chi connectivity index (χ0n) is 13.5. The SMILES string of the molecule is Cc1cc(C(F)(F)F)n(CC(C)CNc2nnc(C(C)C)s2)n1. The largest absolute Gasteiger partial charge is 0.433 e. The normalized spacial score (nSPS) is 13.6. The highest BCUT2D eigenvalue weighted by Gasteiger charge is 2.35. The van der Waals surface area contributed by atoms with Crippen molar-refractivity contribution in [2.45, 2.75) is 46.3 Å². The van der Waals surface area contributed by atoms with Gasteiger partial charge in [-0.3, -0.25) is 4.68 Å². The molecule has 2 aromatic rings. The summed E-state index contributed by atoms with van der Waals surface area (Å²) in [6, 6.07) is 1.07. The Morgan fingerprint density at radius 2 is 1.96 bits per heavy atom. The predicted octanol–water partition coefficient (Wildman–Crippen LogP) is 3.93. The molecular formula is C14H20F3N5S. The first-order valence-corrected chi connectivity index (χ1v) is 8.17. The molecule has 5 nitrogen and oxygen atoms in total. The van der Waals surface area contributed by atoms with Crippen LogP contribution in [0.25, 0.3) is 0 Å². The molecule has 0 aromatic carbocycles. The highest BCUT2D eigenvalue weighted by atomic mass is 32.1. The molecule has 0 aliphatic carbocycles. The van der Waals surface area contributed by atoms with Crippen molar-refractivity contribution >= 4 is 16.5 Å². The van der Waals surface area contributed by atoms with E-state index in [1.807, 2.05) is 20.8 Å². The monoisotopic (exact) mass is 347 g/mol. The molecule has 23 heavy (non-hydrogen) atoms. The molecule has 0 radical (unpaired) electrons. The van der Waals surface area contributed by atoms with Crippen molar-refractivity contribution in [3.63, 3.8) is 0 Å². The van der Waals surface area contributed by atoms with E-state index in [2.05, 4.69) is 20.6 Å². The third kappa shape index (κ3) is 4.66. The minimum atomic E-state index is -4.39. The quantitative estimate of drug-likeness (QED) is 0.860. The number of aromatic nitrogens is 4. The molecule has 0 amide bonds. The minimum Gasteiger partial charge on any atom is -0.360 e. The molecule has 0 spiro atoms. The predicted molar refractivity (Wildman–Crippen MR) is 83.6 cm³/mol. The lowest BCUT2D eigenvalue weighted by molar-refractivity contribution is -0.144. The number of aryl methyl sites for hydroxylation is 1. The van der Waals surface area contributed by atoms with Gasteiger partial charge < -0.3 is 5.32 Å². The Bertz CT molecular complexity index is 647. The van der Waals surface area contributed by atoms with E-state index in [4.69, 9.17) is 0 Å². The van der Waals surface area contributed by atoms with Gasteiger partial charge in [-0.2, -0.15) is 18.3 Å². The Hall–Kier alpha value is -1.64. The van der Waals surface area contributed by atoms with Crippen molar-refractivity contribution in [1.82, 2.24) is 20.0 Å². The molecule has 0 saturated heterocycles. The van der Waals surface area contributed by atoms with Gasteiger partial charge in [0.2, 0.25) is 5.13 Å². The average molecular weight is 347 g/mol. The van der Waals surface area contributed by atoms with Crippen LogP contribution in [0.3, 0.4) is 0 Å². The zero-order chi connectivity index (χ0) is 17.2. The molecule has 0 fully saturated rings. The van der Waals surface area contributed by atoms with Crippen LogP contribution in [-0.4, -0.2) is 26.5 Å². The number of nitrogens with one attached hydrogen (secondary N) is 1. The van der Waals surface area contributed by atoms with Gasteiger partial charge in [-0.05, 0) is 18.9 Å². The van der Waals surface area contributed by atoms with Gasteiger partial charge in [0.25, 0.3) is 0 Å². The summed E-state index contributed by atoms with van der Waals surface area (Å²) in [6.45, 7) is 8.18. The van der Waals surface area contributed by atoms with Gasteiger partial charge in [0.05, 0.1) is 5.69 Å². The highest BCUT2D eigenvalue weighted by molar-refractivity contribution is 7.15. The number of rotatable bonds is 6. The van der Waals surface area contributed by atoms with Gasteiger partial charge in [-0.1, -0.05) is 32.1 Å². The molecule has 1 unspecified atom stereocenters. The van der Waals surface area contributed by atoms with Crippen molar-refractivity contribution in [3.05, 3.63) is 22.5 Å². The molecule has 1 atom stereocenters. The van der Waals surface area contributed by atoms with E-state index in [1.54, 1.807) is 6.92 Å².